The number of sulfonamides is 1. The van der Waals surface area contributed by atoms with Crippen molar-refractivity contribution in [3.63, 3.8) is 0 Å². The summed E-state index contributed by atoms with van der Waals surface area (Å²) >= 11 is 0. The van der Waals surface area contributed by atoms with Crippen molar-refractivity contribution < 1.29 is 8.42 Å². The predicted molar refractivity (Wildman–Crippen MR) is 87.9 cm³/mol. The second kappa shape index (κ2) is 7.10. The third-order valence-corrected chi connectivity index (χ3v) is 6.73. The maximum atomic E-state index is 12.3. The Labute approximate surface area is 134 Å². The largest absolute Gasteiger partial charge is 0.334 e. The highest BCUT2D eigenvalue weighted by Crippen LogP contribution is 2.21. The van der Waals surface area contributed by atoms with E-state index in [1.807, 2.05) is 12.4 Å². The minimum atomic E-state index is -3.14. The standard InChI is InChI=1S/C15H28N4O2S/c1-5-18-9-7-16-15(18)10-17-14-6-8-19(11-13(14)4)22(20,21)12(2)3/h7,9,12-14,17H,5-6,8,10-11H2,1-4H3. The zero-order chi connectivity index (χ0) is 16.3. The molecule has 0 aliphatic carbocycles. The van der Waals surface area contributed by atoms with Crippen LogP contribution in [0, 0.1) is 5.92 Å². The summed E-state index contributed by atoms with van der Waals surface area (Å²) in [6, 6.07) is 0.334. The first kappa shape index (κ1) is 17.4. The Hall–Kier alpha value is -0.920. The molecule has 0 radical (unpaired) electrons. The molecule has 0 amide bonds. The molecular weight excluding hydrogens is 300 g/mol. The fourth-order valence-corrected chi connectivity index (χ4v) is 4.36. The van der Waals surface area contributed by atoms with E-state index in [1.54, 1.807) is 18.2 Å². The number of imidazole rings is 1. The molecule has 1 fully saturated rings. The van der Waals surface area contributed by atoms with Crippen molar-refractivity contribution >= 4 is 10.0 Å². The third-order valence-electron chi connectivity index (χ3n) is 4.49. The summed E-state index contributed by atoms with van der Waals surface area (Å²) in [5.74, 6) is 1.33. The van der Waals surface area contributed by atoms with Gasteiger partial charge in [-0.1, -0.05) is 6.92 Å². The fourth-order valence-electron chi connectivity index (χ4n) is 2.96. The van der Waals surface area contributed by atoms with Gasteiger partial charge in [-0.15, -0.1) is 0 Å². The summed E-state index contributed by atoms with van der Waals surface area (Å²) < 4.78 is 28.3. The van der Waals surface area contributed by atoms with Gasteiger partial charge < -0.3 is 9.88 Å². The summed E-state index contributed by atoms with van der Waals surface area (Å²) in [6.45, 7) is 10.6. The second-order valence-corrected chi connectivity index (χ2v) is 8.82. The van der Waals surface area contributed by atoms with Crippen molar-refractivity contribution in [2.75, 3.05) is 13.1 Å². The number of nitrogens with one attached hydrogen (secondary N) is 1. The van der Waals surface area contributed by atoms with Gasteiger partial charge in [-0.2, -0.15) is 0 Å². The SMILES string of the molecule is CCn1ccnc1CNC1CCN(S(=O)(=O)C(C)C)CC1C. The van der Waals surface area contributed by atoms with E-state index in [2.05, 4.69) is 28.7 Å². The normalized spacial score (nSPS) is 24.0. The zero-order valence-electron chi connectivity index (χ0n) is 14.0. The Balaban J connectivity index is 1.91. The van der Waals surface area contributed by atoms with Crippen LogP contribution in [0.15, 0.2) is 12.4 Å². The van der Waals surface area contributed by atoms with Gasteiger partial charge in [0, 0.05) is 38.1 Å². The van der Waals surface area contributed by atoms with Crippen LogP contribution in [0.4, 0.5) is 0 Å². The molecule has 1 saturated heterocycles. The lowest BCUT2D eigenvalue weighted by Gasteiger charge is -2.37. The Morgan fingerprint density at radius 2 is 2.18 bits per heavy atom. The van der Waals surface area contributed by atoms with Gasteiger partial charge in [-0.25, -0.2) is 17.7 Å². The monoisotopic (exact) mass is 328 g/mol. The number of hydrogen-bond donors (Lipinski definition) is 1. The van der Waals surface area contributed by atoms with Crippen LogP contribution in [0.3, 0.4) is 0 Å². The van der Waals surface area contributed by atoms with Crippen LogP contribution in [0.1, 0.15) is 39.9 Å². The lowest BCUT2D eigenvalue weighted by atomic mass is 9.95. The van der Waals surface area contributed by atoms with Crippen molar-refractivity contribution in [1.29, 1.82) is 0 Å². The molecule has 1 aromatic rings. The minimum Gasteiger partial charge on any atom is -0.334 e. The van der Waals surface area contributed by atoms with E-state index in [0.29, 0.717) is 25.0 Å². The van der Waals surface area contributed by atoms with Gasteiger partial charge in [0.25, 0.3) is 0 Å². The lowest BCUT2D eigenvalue weighted by Crippen LogP contribution is -2.51. The van der Waals surface area contributed by atoms with Gasteiger partial charge in [0.15, 0.2) is 0 Å². The van der Waals surface area contributed by atoms with E-state index in [4.69, 9.17) is 0 Å². The molecule has 0 aromatic carbocycles. The van der Waals surface area contributed by atoms with E-state index in [0.717, 1.165) is 25.3 Å². The van der Waals surface area contributed by atoms with E-state index in [9.17, 15) is 8.42 Å². The number of hydrogen-bond acceptors (Lipinski definition) is 4. The van der Waals surface area contributed by atoms with Crippen molar-refractivity contribution in [2.24, 2.45) is 5.92 Å². The zero-order valence-corrected chi connectivity index (χ0v) is 14.8. The van der Waals surface area contributed by atoms with Gasteiger partial charge in [0.05, 0.1) is 11.8 Å². The maximum Gasteiger partial charge on any atom is 0.216 e. The molecule has 6 nitrogen and oxygen atoms in total. The summed E-state index contributed by atoms with van der Waals surface area (Å²) in [6.07, 6.45) is 4.65. The number of rotatable bonds is 6. The molecule has 126 valence electrons. The van der Waals surface area contributed by atoms with Crippen LogP contribution in [0.25, 0.3) is 0 Å². The van der Waals surface area contributed by atoms with Crippen LogP contribution >= 0.6 is 0 Å². The van der Waals surface area contributed by atoms with Gasteiger partial charge in [0.1, 0.15) is 5.82 Å². The number of nitrogens with zero attached hydrogens (tertiary/aromatic N) is 3. The topological polar surface area (TPSA) is 67.2 Å². The average Bonchev–Trinajstić information content (AvgIpc) is 2.93. The van der Waals surface area contributed by atoms with Crippen molar-refractivity contribution in [3.8, 4) is 0 Å². The van der Waals surface area contributed by atoms with Crippen LogP contribution in [-0.2, 0) is 23.1 Å². The summed E-state index contributed by atoms with van der Waals surface area (Å²) in [5.41, 5.74) is 0. The van der Waals surface area contributed by atoms with E-state index < -0.39 is 10.0 Å². The molecule has 0 bridgehead atoms. The minimum absolute atomic E-state index is 0.298. The molecule has 2 rings (SSSR count). The average molecular weight is 328 g/mol. The highest BCUT2D eigenvalue weighted by molar-refractivity contribution is 7.89. The molecule has 22 heavy (non-hydrogen) atoms. The smallest absolute Gasteiger partial charge is 0.216 e. The van der Waals surface area contributed by atoms with Crippen molar-refractivity contribution in [2.45, 2.75) is 58.5 Å². The molecule has 0 saturated carbocycles. The number of aromatic nitrogens is 2. The lowest BCUT2D eigenvalue weighted by molar-refractivity contribution is 0.217. The Morgan fingerprint density at radius 1 is 1.45 bits per heavy atom. The maximum absolute atomic E-state index is 12.3. The quantitative estimate of drug-likeness (QED) is 0.858. The highest BCUT2D eigenvalue weighted by Gasteiger charge is 2.33. The van der Waals surface area contributed by atoms with Gasteiger partial charge >= 0.3 is 0 Å². The molecular formula is C15H28N4O2S. The first-order valence-corrected chi connectivity index (χ1v) is 9.59. The van der Waals surface area contributed by atoms with Crippen molar-refractivity contribution in [3.05, 3.63) is 18.2 Å². The molecule has 2 atom stereocenters. The van der Waals surface area contributed by atoms with Gasteiger partial charge in [-0.3, -0.25) is 0 Å². The van der Waals surface area contributed by atoms with Crippen molar-refractivity contribution in [1.82, 2.24) is 19.2 Å². The molecule has 2 heterocycles. The Bertz CT molecular complexity index is 582. The molecule has 1 aliphatic heterocycles. The summed E-state index contributed by atoms with van der Waals surface area (Å²) in [4.78, 5) is 4.37. The Morgan fingerprint density at radius 3 is 2.77 bits per heavy atom. The van der Waals surface area contributed by atoms with E-state index in [-0.39, 0.29) is 5.25 Å². The van der Waals surface area contributed by atoms with E-state index in [1.165, 1.54) is 0 Å². The third kappa shape index (κ3) is 3.70. The van der Waals surface area contributed by atoms with E-state index >= 15 is 0 Å². The van der Waals surface area contributed by atoms with Crippen LogP contribution in [0.2, 0.25) is 0 Å². The molecule has 1 aliphatic rings. The highest BCUT2D eigenvalue weighted by atomic mass is 32.2. The second-order valence-electron chi connectivity index (χ2n) is 6.33. The van der Waals surface area contributed by atoms with Crippen LogP contribution < -0.4 is 5.32 Å². The summed E-state index contributed by atoms with van der Waals surface area (Å²) in [7, 11) is -3.14. The first-order valence-electron chi connectivity index (χ1n) is 8.08. The van der Waals surface area contributed by atoms with Gasteiger partial charge in [-0.05, 0) is 33.1 Å². The fraction of sp³-hybridized carbons (Fsp3) is 0.800. The Kier molecular flexibility index (Phi) is 5.63. The number of aryl methyl sites for hydroxylation is 1. The number of piperidine rings is 1. The molecule has 0 spiro atoms. The molecule has 2 unspecified atom stereocenters. The molecule has 7 heteroatoms. The van der Waals surface area contributed by atoms with Crippen LogP contribution in [-0.4, -0.2) is 46.7 Å². The van der Waals surface area contributed by atoms with Gasteiger partial charge in [0.2, 0.25) is 10.0 Å². The molecule has 1 aromatic heterocycles. The first-order chi connectivity index (χ1) is 10.4. The summed E-state index contributed by atoms with van der Waals surface area (Å²) in [5, 5.41) is 3.20. The predicted octanol–water partition coefficient (Wildman–Crippen LogP) is 1.44. The molecule has 1 N–H and O–H groups in total. The van der Waals surface area contributed by atoms with Crippen LogP contribution in [0.5, 0.6) is 0 Å².